The highest BCUT2D eigenvalue weighted by Gasteiger charge is 2.20. The molecule has 0 spiro atoms. The fourth-order valence-electron chi connectivity index (χ4n) is 2.19. The van der Waals surface area contributed by atoms with E-state index < -0.39 is 0 Å². The summed E-state index contributed by atoms with van der Waals surface area (Å²) in [6.07, 6.45) is 4.92. The normalized spacial score (nSPS) is 15.4. The third-order valence-corrected chi connectivity index (χ3v) is 3.58. The minimum absolute atomic E-state index is 0.618. The number of rotatable bonds is 4. The Kier molecular flexibility index (Phi) is 3.00. The summed E-state index contributed by atoms with van der Waals surface area (Å²) < 4.78 is 5.31. The standard InChI is InChI=1S/C14H17N3O/c1-15-12-7-5-11(6-8-12)14-16-13(17-18-14)9-10-3-2-4-10/h5-8,10,15H,2-4,9H2,1H3. The van der Waals surface area contributed by atoms with Crippen LogP contribution in [0.3, 0.4) is 0 Å². The molecule has 1 aliphatic carbocycles. The average Bonchev–Trinajstić information content (AvgIpc) is 2.83. The summed E-state index contributed by atoms with van der Waals surface area (Å²) in [5.74, 6) is 2.22. The zero-order chi connectivity index (χ0) is 12.4. The monoisotopic (exact) mass is 243 g/mol. The van der Waals surface area contributed by atoms with Gasteiger partial charge in [0.15, 0.2) is 5.82 Å². The molecule has 0 aliphatic heterocycles. The zero-order valence-electron chi connectivity index (χ0n) is 10.5. The Hall–Kier alpha value is -1.84. The predicted molar refractivity (Wildman–Crippen MR) is 70.3 cm³/mol. The Morgan fingerprint density at radius 1 is 1.28 bits per heavy atom. The summed E-state index contributed by atoms with van der Waals surface area (Å²) >= 11 is 0. The van der Waals surface area contributed by atoms with Gasteiger partial charge in [-0.1, -0.05) is 24.4 Å². The van der Waals surface area contributed by atoms with Crippen LogP contribution < -0.4 is 5.32 Å². The number of anilines is 1. The Morgan fingerprint density at radius 3 is 2.67 bits per heavy atom. The van der Waals surface area contributed by atoms with Gasteiger partial charge in [0.2, 0.25) is 0 Å². The first-order valence-corrected chi connectivity index (χ1v) is 6.46. The van der Waals surface area contributed by atoms with Gasteiger partial charge >= 0.3 is 0 Å². The minimum Gasteiger partial charge on any atom is -0.388 e. The molecule has 0 amide bonds. The fourth-order valence-corrected chi connectivity index (χ4v) is 2.19. The molecule has 2 aromatic rings. The number of nitrogens with zero attached hydrogens (tertiary/aromatic N) is 2. The van der Waals surface area contributed by atoms with E-state index in [1.807, 2.05) is 31.3 Å². The smallest absolute Gasteiger partial charge is 0.257 e. The molecule has 0 unspecified atom stereocenters. The molecule has 4 heteroatoms. The van der Waals surface area contributed by atoms with E-state index in [2.05, 4.69) is 15.5 Å². The molecule has 4 nitrogen and oxygen atoms in total. The lowest BCUT2D eigenvalue weighted by molar-refractivity contribution is 0.304. The van der Waals surface area contributed by atoms with Crippen molar-refractivity contribution in [2.75, 3.05) is 12.4 Å². The molecule has 0 radical (unpaired) electrons. The van der Waals surface area contributed by atoms with Crippen molar-refractivity contribution in [2.45, 2.75) is 25.7 Å². The van der Waals surface area contributed by atoms with Crippen LogP contribution in [-0.2, 0) is 6.42 Å². The third-order valence-electron chi connectivity index (χ3n) is 3.58. The van der Waals surface area contributed by atoms with Gasteiger partial charge in [0.1, 0.15) is 0 Å². The van der Waals surface area contributed by atoms with Crippen molar-refractivity contribution >= 4 is 5.69 Å². The van der Waals surface area contributed by atoms with Crippen molar-refractivity contribution < 1.29 is 4.52 Å². The van der Waals surface area contributed by atoms with Crippen LogP contribution in [0.15, 0.2) is 28.8 Å². The Bertz CT molecular complexity index is 514. The third kappa shape index (κ3) is 2.23. The van der Waals surface area contributed by atoms with E-state index in [4.69, 9.17) is 4.52 Å². The largest absolute Gasteiger partial charge is 0.388 e. The highest BCUT2D eigenvalue weighted by Crippen LogP contribution is 2.29. The molecule has 0 bridgehead atoms. The fraction of sp³-hybridized carbons (Fsp3) is 0.429. The second kappa shape index (κ2) is 4.80. The average molecular weight is 243 g/mol. The molecule has 3 rings (SSSR count). The highest BCUT2D eigenvalue weighted by molar-refractivity contribution is 5.58. The highest BCUT2D eigenvalue weighted by atomic mass is 16.5. The number of aromatic nitrogens is 2. The van der Waals surface area contributed by atoms with Crippen LogP contribution in [0.1, 0.15) is 25.1 Å². The van der Waals surface area contributed by atoms with E-state index in [-0.39, 0.29) is 0 Å². The van der Waals surface area contributed by atoms with Crippen LogP contribution in [0.25, 0.3) is 11.5 Å². The predicted octanol–water partition coefficient (Wildman–Crippen LogP) is 3.12. The SMILES string of the molecule is CNc1ccc(-c2nc(CC3CCC3)no2)cc1. The first-order valence-electron chi connectivity index (χ1n) is 6.46. The van der Waals surface area contributed by atoms with Crippen LogP contribution in [0, 0.1) is 5.92 Å². The maximum Gasteiger partial charge on any atom is 0.257 e. The zero-order valence-corrected chi connectivity index (χ0v) is 10.5. The van der Waals surface area contributed by atoms with Gasteiger partial charge in [0, 0.05) is 24.7 Å². The van der Waals surface area contributed by atoms with Crippen LogP contribution in [0.5, 0.6) is 0 Å². The quantitative estimate of drug-likeness (QED) is 0.896. The van der Waals surface area contributed by atoms with Gasteiger partial charge in [0.25, 0.3) is 5.89 Å². The van der Waals surface area contributed by atoms with E-state index in [1.54, 1.807) is 0 Å². The first kappa shape index (κ1) is 11.3. The lowest BCUT2D eigenvalue weighted by Gasteiger charge is -2.23. The van der Waals surface area contributed by atoms with Gasteiger partial charge in [-0.2, -0.15) is 4.98 Å². The van der Waals surface area contributed by atoms with Crippen LogP contribution in [0.4, 0.5) is 5.69 Å². The minimum atomic E-state index is 0.618. The number of nitrogens with one attached hydrogen (secondary N) is 1. The Labute approximate surface area is 106 Å². The lowest BCUT2D eigenvalue weighted by Crippen LogP contribution is -2.14. The topological polar surface area (TPSA) is 51.0 Å². The van der Waals surface area contributed by atoms with Gasteiger partial charge in [-0.15, -0.1) is 0 Å². The molecule has 18 heavy (non-hydrogen) atoms. The van der Waals surface area contributed by atoms with Crippen molar-refractivity contribution in [2.24, 2.45) is 5.92 Å². The molecule has 1 N–H and O–H groups in total. The molecule has 1 aromatic heterocycles. The molecule has 94 valence electrons. The van der Waals surface area contributed by atoms with Gasteiger partial charge in [-0.05, 0) is 30.2 Å². The van der Waals surface area contributed by atoms with E-state index in [9.17, 15) is 0 Å². The summed E-state index contributed by atoms with van der Waals surface area (Å²) in [5.41, 5.74) is 2.05. The Balaban J connectivity index is 1.74. The summed E-state index contributed by atoms with van der Waals surface area (Å²) in [6, 6.07) is 8.00. The summed E-state index contributed by atoms with van der Waals surface area (Å²) in [5, 5.41) is 7.14. The number of hydrogen-bond donors (Lipinski definition) is 1. The van der Waals surface area contributed by atoms with Crippen molar-refractivity contribution in [1.29, 1.82) is 0 Å². The van der Waals surface area contributed by atoms with Crippen LogP contribution in [-0.4, -0.2) is 17.2 Å². The van der Waals surface area contributed by atoms with Crippen molar-refractivity contribution in [3.63, 3.8) is 0 Å². The maximum absolute atomic E-state index is 5.31. The van der Waals surface area contributed by atoms with Crippen molar-refractivity contribution in [3.8, 4) is 11.5 Å². The molecule has 0 saturated heterocycles. The first-order chi connectivity index (χ1) is 8.85. The van der Waals surface area contributed by atoms with E-state index in [0.29, 0.717) is 5.89 Å². The van der Waals surface area contributed by atoms with Crippen LogP contribution >= 0.6 is 0 Å². The summed E-state index contributed by atoms with van der Waals surface area (Å²) in [4.78, 5) is 4.46. The van der Waals surface area contributed by atoms with E-state index in [0.717, 1.165) is 29.4 Å². The number of benzene rings is 1. The summed E-state index contributed by atoms with van der Waals surface area (Å²) in [6.45, 7) is 0. The molecular weight excluding hydrogens is 226 g/mol. The lowest BCUT2D eigenvalue weighted by atomic mass is 9.83. The molecule has 1 aromatic carbocycles. The molecule has 1 saturated carbocycles. The van der Waals surface area contributed by atoms with Gasteiger partial charge in [-0.25, -0.2) is 0 Å². The molecule has 1 aliphatic rings. The van der Waals surface area contributed by atoms with Crippen LogP contribution in [0.2, 0.25) is 0 Å². The second-order valence-corrected chi connectivity index (χ2v) is 4.84. The second-order valence-electron chi connectivity index (χ2n) is 4.84. The maximum atomic E-state index is 5.31. The van der Waals surface area contributed by atoms with Gasteiger partial charge in [0.05, 0.1) is 0 Å². The molecular formula is C14H17N3O. The van der Waals surface area contributed by atoms with Gasteiger partial charge < -0.3 is 9.84 Å². The molecule has 1 fully saturated rings. The summed E-state index contributed by atoms with van der Waals surface area (Å²) in [7, 11) is 1.90. The van der Waals surface area contributed by atoms with Gasteiger partial charge in [-0.3, -0.25) is 0 Å². The number of hydrogen-bond acceptors (Lipinski definition) is 4. The molecule has 0 atom stereocenters. The van der Waals surface area contributed by atoms with E-state index >= 15 is 0 Å². The van der Waals surface area contributed by atoms with Crippen molar-refractivity contribution in [3.05, 3.63) is 30.1 Å². The molecule has 1 heterocycles. The van der Waals surface area contributed by atoms with E-state index in [1.165, 1.54) is 19.3 Å². The Morgan fingerprint density at radius 2 is 2.06 bits per heavy atom. The van der Waals surface area contributed by atoms with Crippen molar-refractivity contribution in [1.82, 2.24) is 10.1 Å².